The van der Waals surface area contributed by atoms with E-state index in [-0.39, 0.29) is 6.04 Å². The zero-order chi connectivity index (χ0) is 14.8. The van der Waals surface area contributed by atoms with Crippen molar-refractivity contribution in [3.8, 4) is 6.07 Å². The first-order valence-corrected chi connectivity index (χ1v) is 6.79. The van der Waals surface area contributed by atoms with E-state index in [9.17, 15) is 0 Å². The average Bonchev–Trinajstić information content (AvgIpc) is 2.46. The van der Waals surface area contributed by atoms with E-state index in [4.69, 9.17) is 5.26 Å². The Morgan fingerprint density at radius 1 is 1.28 bits per heavy atom. The van der Waals surface area contributed by atoms with Crippen LogP contribution in [0, 0.1) is 11.3 Å². The molecule has 0 aromatic carbocycles. The molecule has 0 aliphatic carbocycles. The quantitative estimate of drug-likeness (QED) is 0.669. The highest BCUT2D eigenvalue weighted by molar-refractivity contribution is 5.20. The molecule has 104 valence electrons. The molecule has 0 heterocycles. The first-order valence-electron chi connectivity index (χ1n) is 6.79. The molecule has 2 heteroatoms. The van der Waals surface area contributed by atoms with Gasteiger partial charge in [0.05, 0.1) is 12.1 Å². The Bertz CT molecular complexity index is 246. The van der Waals surface area contributed by atoms with Crippen LogP contribution in [0.5, 0.6) is 0 Å². The number of rotatable bonds is 7. The topological polar surface area (TPSA) is 35.8 Å². The molecule has 0 spiro atoms. The summed E-state index contributed by atoms with van der Waals surface area (Å²) in [6.07, 6.45) is 8.36. The number of allylic oxidation sites excluding steroid dienone is 4. The van der Waals surface area contributed by atoms with Crippen LogP contribution in [0.2, 0.25) is 0 Å². The number of nitrogens with zero attached hydrogens (tertiary/aromatic N) is 1. The molecule has 0 fully saturated rings. The third-order valence-corrected chi connectivity index (χ3v) is 2.06. The largest absolute Gasteiger partial charge is 0.305 e. The monoisotopic (exact) mass is 250 g/mol. The molecule has 0 saturated heterocycles. The predicted molar refractivity (Wildman–Crippen MR) is 83.5 cm³/mol. The summed E-state index contributed by atoms with van der Waals surface area (Å²) in [5.41, 5.74) is 1.17. The van der Waals surface area contributed by atoms with Crippen LogP contribution in [-0.2, 0) is 0 Å². The van der Waals surface area contributed by atoms with E-state index in [1.807, 2.05) is 46.9 Å². The minimum Gasteiger partial charge on any atom is -0.305 e. The molecule has 1 unspecified atom stereocenters. The zero-order valence-electron chi connectivity index (χ0n) is 12.8. The molecule has 0 rings (SSSR count). The molecule has 2 nitrogen and oxygen atoms in total. The Morgan fingerprint density at radius 2 is 1.83 bits per heavy atom. The van der Waals surface area contributed by atoms with Gasteiger partial charge in [0.15, 0.2) is 0 Å². The van der Waals surface area contributed by atoms with Gasteiger partial charge in [-0.1, -0.05) is 59.1 Å². The highest BCUT2D eigenvalue weighted by atomic mass is 14.9. The lowest BCUT2D eigenvalue weighted by Crippen LogP contribution is -2.22. The van der Waals surface area contributed by atoms with Crippen LogP contribution in [0.1, 0.15) is 47.0 Å². The maximum absolute atomic E-state index is 8.69. The molecule has 0 amide bonds. The highest BCUT2D eigenvalue weighted by Crippen LogP contribution is 2.09. The molecule has 0 aromatic rings. The lowest BCUT2D eigenvalue weighted by atomic mass is 10.1. The van der Waals surface area contributed by atoms with E-state index < -0.39 is 0 Å². The summed E-state index contributed by atoms with van der Waals surface area (Å²) in [6, 6.07) is 2.16. The van der Waals surface area contributed by atoms with Crippen LogP contribution in [0.25, 0.3) is 0 Å². The second kappa shape index (κ2) is 21.0. The van der Waals surface area contributed by atoms with Gasteiger partial charge in [0.25, 0.3) is 0 Å². The van der Waals surface area contributed by atoms with Crippen LogP contribution in [-0.4, -0.2) is 13.1 Å². The summed E-state index contributed by atoms with van der Waals surface area (Å²) in [5.74, 6) is 0. The Labute approximate surface area is 114 Å². The van der Waals surface area contributed by atoms with Crippen LogP contribution >= 0.6 is 0 Å². The number of hydrogen-bond donors (Lipinski definition) is 1. The number of nitriles is 1. The van der Waals surface area contributed by atoms with Gasteiger partial charge in [-0.3, -0.25) is 0 Å². The maximum atomic E-state index is 8.69. The van der Waals surface area contributed by atoms with E-state index in [1.54, 1.807) is 6.08 Å². The molecule has 1 N–H and O–H groups in total. The van der Waals surface area contributed by atoms with Gasteiger partial charge in [0.1, 0.15) is 0 Å². The molecule has 0 aliphatic rings. The van der Waals surface area contributed by atoms with Crippen LogP contribution in [0.4, 0.5) is 0 Å². The molecule has 0 aromatic heterocycles. The minimum absolute atomic E-state index is 0.0372. The van der Waals surface area contributed by atoms with E-state index >= 15 is 0 Å². The summed E-state index contributed by atoms with van der Waals surface area (Å²) >= 11 is 0. The molecule has 1 atom stereocenters. The maximum Gasteiger partial charge on any atom is 0.0950 e. The molecule has 18 heavy (non-hydrogen) atoms. The Balaban J connectivity index is -0.000000506. The van der Waals surface area contributed by atoms with Gasteiger partial charge in [-0.25, -0.2) is 0 Å². The molecular formula is C16H30N2. The summed E-state index contributed by atoms with van der Waals surface area (Å²) in [7, 11) is 1.81. The minimum atomic E-state index is -0.0372. The second-order valence-electron chi connectivity index (χ2n) is 3.04. The highest BCUT2D eigenvalue weighted by Gasteiger charge is 2.02. The van der Waals surface area contributed by atoms with Gasteiger partial charge in [0, 0.05) is 0 Å². The van der Waals surface area contributed by atoms with Crippen molar-refractivity contribution in [2.45, 2.75) is 53.0 Å². The van der Waals surface area contributed by atoms with Crippen molar-refractivity contribution in [1.29, 1.82) is 5.26 Å². The van der Waals surface area contributed by atoms with Crippen molar-refractivity contribution in [3.63, 3.8) is 0 Å². The smallest absolute Gasteiger partial charge is 0.0950 e. The summed E-state index contributed by atoms with van der Waals surface area (Å²) < 4.78 is 0. The van der Waals surface area contributed by atoms with Gasteiger partial charge in [0.2, 0.25) is 0 Å². The Kier molecular flexibility index (Phi) is 25.6. The van der Waals surface area contributed by atoms with E-state index in [2.05, 4.69) is 24.5 Å². The van der Waals surface area contributed by atoms with Crippen LogP contribution in [0.15, 0.2) is 37.0 Å². The first kappa shape index (κ1) is 21.9. The van der Waals surface area contributed by atoms with Gasteiger partial charge in [-0.2, -0.15) is 5.26 Å². The fourth-order valence-electron chi connectivity index (χ4n) is 1.19. The van der Waals surface area contributed by atoms with E-state index in [0.717, 1.165) is 19.3 Å². The molecule has 0 bridgehead atoms. The fraction of sp³-hybridized carbons (Fsp3) is 0.562. The van der Waals surface area contributed by atoms with E-state index in [1.165, 1.54) is 5.57 Å². The van der Waals surface area contributed by atoms with Gasteiger partial charge < -0.3 is 5.32 Å². The SMILES string of the molecule is C=C/C=C(\C=C)CCCC(C#N)NC.CC.CC. The van der Waals surface area contributed by atoms with Gasteiger partial charge >= 0.3 is 0 Å². The van der Waals surface area contributed by atoms with Crippen molar-refractivity contribution in [2.24, 2.45) is 0 Å². The normalized spacial score (nSPS) is 10.8. The molecule has 0 radical (unpaired) electrons. The third-order valence-electron chi connectivity index (χ3n) is 2.06. The summed E-state index contributed by atoms with van der Waals surface area (Å²) in [4.78, 5) is 0. The third kappa shape index (κ3) is 14.7. The number of nitrogens with one attached hydrogen (secondary N) is 1. The van der Waals surface area contributed by atoms with E-state index in [0.29, 0.717) is 0 Å². The van der Waals surface area contributed by atoms with Crippen molar-refractivity contribution in [3.05, 3.63) is 37.0 Å². The summed E-state index contributed by atoms with van der Waals surface area (Å²) in [5, 5.41) is 11.6. The van der Waals surface area contributed by atoms with Crippen molar-refractivity contribution < 1.29 is 0 Å². The van der Waals surface area contributed by atoms with Gasteiger partial charge in [-0.15, -0.1) is 0 Å². The van der Waals surface area contributed by atoms with Crippen LogP contribution < -0.4 is 5.32 Å². The summed E-state index contributed by atoms with van der Waals surface area (Å²) in [6.45, 7) is 15.4. The number of hydrogen-bond acceptors (Lipinski definition) is 2. The van der Waals surface area contributed by atoms with Crippen molar-refractivity contribution >= 4 is 0 Å². The lowest BCUT2D eigenvalue weighted by Gasteiger charge is -2.06. The average molecular weight is 250 g/mol. The molecular weight excluding hydrogens is 220 g/mol. The Morgan fingerprint density at radius 3 is 2.17 bits per heavy atom. The predicted octanol–water partition coefficient (Wildman–Crippen LogP) is 4.62. The second-order valence-corrected chi connectivity index (χ2v) is 3.04. The molecule has 0 aliphatic heterocycles. The molecule has 0 saturated carbocycles. The fourth-order valence-corrected chi connectivity index (χ4v) is 1.19. The first-order chi connectivity index (χ1) is 8.78. The van der Waals surface area contributed by atoms with Crippen LogP contribution in [0.3, 0.4) is 0 Å². The van der Waals surface area contributed by atoms with Crippen molar-refractivity contribution in [1.82, 2.24) is 5.32 Å². The van der Waals surface area contributed by atoms with Crippen molar-refractivity contribution in [2.75, 3.05) is 7.05 Å². The lowest BCUT2D eigenvalue weighted by molar-refractivity contribution is 0.594. The van der Waals surface area contributed by atoms with Gasteiger partial charge in [-0.05, 0) is 31.9 Å². The standard InChI is InChI=1S/C12H18N2.2C2H6/c1-4-7-11(5-2)8-6-9-12(10-13)14-3;2*1-2/h4-5,7,12,14H,1-2,6,8-9H2,3H3;2*1-2H3/b11-7+;;. The zero-order valence-corrected chi connectivity index (χ0v) is 12.8. The Hall–Kier alpha value is -1.33.